The molecule has 1 fully saturated rings. The highest BCUT2D eigenvalue weighted by Gasteiger charge is 2.32. The van der Waals surface area contributed by atoms with Gasteiger partial charge in [-0.05, 0) is 72.9 Å². The molecule has 2 atom stereocenters. The van der Waals surface area contributed by atoms with Gasteiger partial charge in [0.25, 0.3) is 0 Å². The van der Waals surface area contributed by atoms with Crippen molar-refractivity contribution < 1.29 is 14.3 Å². The van der Waals surface area contributed by atoms with Gasteiger partial charge in [-0.2, -0.15) is 0 Å². The first-order chi connectivity index (χ1) is 14.9. The highest BCUT2D eigenvalue weighted by Crippen LogP contribution is 2.39. The largest absolute Gasteiger partial charge is 0.469 e. The van der Waals surface area contributed by atoms with E-state index in [0.29, 0.717) is 12.3 Å². The van der Waals surface area contributed by atoms with Crippen molar-refractivity contribution in [3.05, 3.63) is 63.6 Å². The number of hydrogen-bond acceptors (Lipinski definition) is 3. The number of hydrogen-bond donors (Lipinski definition) is 1. The highest BCUT2D eigenvalue weighted by molar-refractivity contribution is 9.10. The molecule has 1 saturated carbocycles. The fourth-order valence-corrected chi connectivity index (χ4v) is 5.06. The van der Waals surface area contributed by atoms with E-state index in [-0.39, 0.29) is 23.7 Å². The van der Waals surface area contributed by atoms with Gasteiger partial charge in [0.2, 0.25) is 5.91 Å². The summed E-state index contributed by atoms with van der Waals surface area (Å²) in [5.74, 6) is 0.122. The van der Waals surface area contributed by atoms with Crippen molar-refractivity contribution >= 4 is 33.5 Å². The second-order valence-electron chi connectivity index (χ2n) is 8.47. The second kappa shape index (κ2) is 10.9. The summed E-state index contributed by atoms with van der Waals surface area (Å²) < 4.78 is 5.89. The molecule has 1 amide bonds. The molecule has 5 heteroatoms. The van der Waals surface area contributed by atoms with Crippen LogP contribution in [0, 0.1) is 12.8 Å². The normalized spacial score (nSPS) is 16.0. The number of anilines is 1. The number of rotatable bonds is 8. The molecular formula is C26H32BrNO3. The first kappa shape index (κ1) is 23.5. The molecule has 0 spiro atoms. The molecule has 0 bridgehead atoms. The van der Waals surface area contributed by atoms with E-state index >= 15 is 0 Å². The Morgan fingerprint density at radius 3 is 2.42 bits per heavy atom. The lowest BCUT2D eigenvalue weighted by Crippen LogP contribution is -2.27. The van der Waals surface area contributed by atoms with Gasteiger partial charge in [0.15, 0.2) is 0 Å². The van der Waals surface area contributed by atoms with Crippen LogP contribution in [0.3, 0.4) is 0 Å². The zero-order valence-electron chi connectivity index (χ0n) is 18.6. The van der Waals surface area contributed by atoms with Crippen molar-refractivity contribution in [2.45, 2.75) is 64.2 Å². The van der Waals surface area contributed by atoms with Crippen LogP contribution in [-0.2, 0) is 14.3 Å². The third-order valence-electron chi connectivity index (χ3n) is 6.59. The Morgan fingerprint density at radius 2 is 1.81 bits per heavy atom. The molecule has 2 aromatic rings. The molecule has 166 valence electrons. The predicted octanol–water partition coefficient (Wildman–Crippen LogP) is 6.73. The van der Waals surface area contributed by atoms with Gasteiger partial charge in [0.05, 0.1) is 19.4 Å². The van der Waals surface area contributed by atoms with Gasteiger partial charge in [-0.3, -0.25) is 9.59 Å². The Hall–Kier alpha value is -2.14. The van der Waals surface area contributed by atoms with Crippen LogP contribution in [0.4, 0.5) is 5.69 Å². The van der Waals surface area contributed by atoms with Crippen LogP contribution >= 0.6 is 15.9 Å². The number of halogens is 1. The van der Waals surface area contributed by atoms with Gasteiger partial charge in [0.1, 0.15) is 0 Å². The zero-order valence-corrected chi connectivity index (χ0v) is 20.2. The summed E-state index contributed by atoms with van der Waals surface area (Å²) in [5, 5.41) is 3.22. The Labute approximate surface area is 193 Å². The van der Waals surface area contributed by atoms with Crippen LogP contribution in [0.25, 0.3) is 0 Å². The molecule has 0 aliphatic heterocycles. The van der Waals surface area contributed by atoms with E-state index in [1.807, 2.05) is 37.3 Å². The molecule has 1 unspecified atom stereocenters. The SMILES string of the molecule is CCC(CC(=O)OC)c1cccc(NC(=O)[C@@H](c2ccc(Br)cc2)C2CCCC2)c1C. The molecule has 3 rings (SSSR count). The van der Waals surface area contributed by atoms with Crippen LogP contribution in [0.15, 0.2) is 46.9 Å². The summed E-state index contributed by atoms with van der Waals surface area (Å²) in [5.41, 5.74) is 4.00. The van der Waals surface area contributed by atoms with Crippen LogP contribution in [0.2, 0.25) is 0 Å². The first-order valence-electron chi connectivity index (χ1n) is 11.2. The van der Waals surface area contributed by atoms with Gasteiger partial charge in [0, 0.05) is 10.2 Å². The van der Waals surface area contributed by atoms with Gasteiger partial charge >= 0.3 is 5.97 Å². The molecule has 1 N–H and O–H groups in total. The molecule has 4 nitrogen and oxygen atoms in total. The Kier molecular flexibility index (Phi) is 8.30. The van der Waals surface area contributed by atoms with E-state index in [0.717, 1.165) is 46.1 Å². The molecule has 31 heavy (non-hydrogen) atoms. The summed E-state index contributed by atoms with van der Waals surface area (Å²) in [7, 11) is 1.42. The van der Waals surface area contributed by atoms with E-state index in [1.54, 1.807) is 0 Å². The number of ether oxygens (including phenoxy) is 1. The average molecular weight is 486 g/mol. The summed E-state index contributed by atoms with van der Waals surface area (Å²) >= 11 is 3.50. The standard InChI is InChI=1S/C26H32BrNO3/c1-4-18(16-24(29)31-3)22-10-7-11-23(17(22)2)28-26(30)25(19-8-5-6-9-19)20-12-14-21(27)15-13-20/h7,10-15,18-19,25H,4-6,8-9,16H2,1-3H3,(H,28,30)/t18?,25-/m1/s1. The highest BCUT2D eigenvalue weighted by atomic mass is 79.9. The van der Waals surface area contributed by atoms with Gasteiger partial charge in [-0.15, -0.1) is 0 Å². The van der Waals surface area contributed by atoms with Crippen molar-refractivity contribution in [2.24, 2.45) is 5.92 Å². The molecule has 0 aromatic heterocycles. The lowest BCUT2D eigenvalue weighted by atomic mass is 9.84. The molecule has 0 radical (unpaired) electrons. The number of amides is 1. The number of nitrogens with one attached hydrogen (secondary N) is 1. The van der Waals surface area contributed by atoms with E-state index in [4.69, 9.17) is 4.74 Å². The maximum absolute atomic E-state index is 13.5. The van der Waals surface area contributed by atoms with Crippen molar-refractivity contribution in [1.82, 2.24) is 0 Å². The molecule has 0 heterocycles. The van der Waals surface area contributed by atoms with Crippen LogP contribution in [0.1, 0.15) is 74.0 Å². The number of carbonyl (C=O) groups is 2. The van der Waals surface area contributed by atoms with Gasteiger partial charge in [-0.1, -0.05) is 60.0 Å². The third kappa shape index (κ3) is 5.76. The van der Waals surface area contributed by atoms with E-state index in [9.17, 15) is 9.59 Å². The Morgan fingerprint density at radius 1 is 1.13 bits per heavy atom. The first-order valence-corrected chi connectivity index (χ1v) is 12.0. The summed E-state index contributed by atoms with van der Waals surface area (Å²) in [4.78, 5) is 25.4. The van der Waals surface area contributed by atoms with Crippen molar-refractivity contribution in [3.63, 3.8) is 0 Å². The zero-order chi connectivity index (χ0) is 22.4. The van der Waals surface area contributed by atoms with Crippen LogP contribution in [-0.4, -0.2) is 19.0 Å². The average Bonchev–Trinajstić information content (AvgIpc) is 3.29. The number of methoxy groups -OCH3 is 1. The quantitative estimate of drug-likeness (QED) is 0.421. The van der Waals surface area contributed by atoms with Crippen molar-refractivity contribution in [2.75, 3.05) is 12.4 Å². The van der Waals surface area contributed by atoms with Crippen molar-refractivity contribution in [3.8, 4) is 0 Å². The lowest BCUT2D eigenvalue weighted by Gasteiger charge is -2.25. The smallest absolute Gasteiger partial charge is 0.306 e. The fraction of sp³-hybridized carbons (Fsp3) is 0.462. The Balaban J connectivity index is 1.86. The number of esters is 1. The Bertz CT molecular complexity index is 903. The summed E-state index contributed by atoms with van der Waals surface area (Å²) in [6, 6.07) is 14.1. The maximum Gasteiger partial charge on any atom is 0.306 e. The fourth-order valence-electron chi connectivity index (χ4n) is 4.80. The van der Waals surface area contributed by atoms with Gasteiger partial charge < -0.3 is 10.1 Å². The lowest BCUT2D eigenvalue weighted by molar-refractivity contribution is -0.141. The third-order valence-corrected chi connectivity index (χ3v) is 7.12. The number of benzene rings is 2. The minimum atomic E-state index is -0.211. The minimum absolute atomic E-state index is 0.0514. The summed E-state index contributed by atoms with van der Waals surface area (Å²) in [6.07, 6.45) is 5.72. The van der Waals surface area contributed by atoms with E-state index in [1.165, 1.54) is 20.0 Å². The molecule has 1 aliphatic rings. The maximum atomic E-state index is 13.5. The van der Waals surface area contributed by atoms with E-state index < -0.39 is 0 Å². The van der Waals surface area contributed by atoms with E-state index in [2.05, 4.69) is 40.3 Å². The topological polar surface area (TPSA) is 55.4 Å². The van der Waals surface area contributed by atoms with Crippen LogP contribution in [0.5, 0.6) is 0 Å². The molecule has 0 saturated heterocycles. The number of carbonyl (C=O) groups excluding carboxylic acids is 2. The van der Waals surface area contributed by atoms with Gasteiger partial charge in [-0.25, -0.2) is 0 Å². The summed E-state index contributed by atoms with van der Waals surface area (Å²) in [6.45, 7) is 4.09. The van der Waals surface area contributed by atoms with Crippen molar-refractivity contribution in [1.29, 1.82) is 0 Å². The predicted molar refractivity (Wildman–Crippen MR) is 128 cm³/mol. The second-order valence-corrected chi connectivity index (χ2v) is 9.38. The van der Waals surface area contributed by atoms with Crippen LogP contribution < -0.4 is 5.32 Å². The minimum Gasteiger partial charge on any atom is -0.469 e. The molecule has 1 aliphatic carbocycles. The molecule has 2 aromatic carbocycles. The monoisotopic (exact) mass is 485 g/mol. The molecular weight excluding hydrogens is 454 g/mol.